The number of rotatable bonds is 8. The van der Waals surface area contributed by atoms with Crippen LogP contribution in [-0.4, -0.2) is 54.7 Å². The first-order valence-corrected chi connectivity index (χ1v) is 10.4. The van der Waals surface area contributed by atoms with Gasteiger partial charge in [-0.1, -0.05) is 30.3 Å². The minimum Gasteiger partial charge on any atom is -0.497 e. The summed E-state index contributed by atoms with van der Waals surface area (Å²) >= 11 is 0. The van der Waals surface area contributed by atoms with E-state index in [-0.39, 0.29) is 18.0 Å². The van der Waals surface area contributed by atoms with Gasteiger partial charge in [-0.05, 0) is 30.5 Å². The zero-order valence-electron chi connectivity index (χ0n) is 17.7. The van der Waals surface area contributed by atoms with E-state index in [4.69, 9.17) is 14.3 Å². The van der Waals surface area contributed by atoms with Crippen molar-refractivity contribution in [3.63, 3.8) is 0 Å². The van der Waals surface area contributed by atoms with E-state index in [9.17, 15) is 9.59 Å². The Bertz CT molecular complexity index is 936. The molecule has 2 aromatic carbocycles. The number of amides is 3. The number of piperidine rings is 1. The number of nitrogens with one attached hydrogen (secondary N) is 1. The molecule has 2 aliphatic heterocycles. The van der Waals surface area contributed by atoms with Gasteiger partial charge in [-0.15, -0.1) is 0 Å². The van der Waals surface area contributed by atoms with E-state index >= 15 is 0 Å². The highest BCUT2D eigenvalue weighted by Crippen LogP contribution is 2.31. The molecule has 2 heterocycles. The molecule has 2 fully saturated rings. The fraction of sp³-hybridized carbons (Fsp3) is 0.391. The standard InChI is InChI=1S/C23H27N3O5/c1-29-19-10-8-17(21(12-19)30-2)13-24-22(27)20-11-9-18-14-25(20)23(28)26(18)31-15-16-6-4-3-5-7-16/h3-8,10,12,18,20H,9,11,13-15H2,1-2H3,(H,24,27). The molecular formula is C23H27N3O5. The Hall–Kier alpha value is -3.26. The summed E-state index contributed by atoms with van der Waals surface area (Å²) in [5.41, 5.74) is 1.83. The number of ether oxygens (including phenoxy) is 2. The van der Waals surface area contributed by atoms with Gasteiger partial charge in [-0.25, -0.2) is 4.79 Å². The minimum absolute atomic E-state index is 0.0260. The first kappa shape index (κ1) is 21.0. The lowest BCUT2D eigenvalue weighted by molar-refractivity contribution is -0.140. The number of methoxy groups -OCH3 is 2. The van der Waals surface area contributed by atoms with E-state index in [1.165, 1.54) is 5.06 Å². The van der Waals surface area contributed by atoms with E-state index < -0.39 is 6.04 Å². The number of fused-ring (bicyclic) bond motifs is 2. The maximum atomic E-state index is 12.9. The fourth-order valence-corrected chi connectivity index (χ4v) is 4.09. The predicted molar refractivity (Wildman–Crippen MR) is 113 cm³/mol. The van der Waals surface area contributed by atoms with Crippen molar-refractivity contribution in [1.82, 2.24) is 15.3 Å². The summed E-state index contributed by atoms with van der Waals surface area (Å²) in [7, 11) is 3.17. The Morgan fingerprint density at radius 2 is 1.90 bits per heavy atom. The number of hydrogen-bond acceptors (Lipinski definition) is 5. The van der Waals surface area contributed by atoms with Gasteiger partial charge in [0.2, 0.25) is 5.91 Å². The molecule has 2 saturated heterocycles. The lowest BCUT2D eigenvalue weighted by Crippen LogP contribution is -2.49. The van der Waals surface area contributed by atoms with Gasteiger partial charge in [0, 0.05) is 24.7 Å². The van der Waals surface area contributed by atoms with Crippen molar-refractivity contribution >= 4 is 11.9 Å². The Kier molecular flexibility index (Phi) is 6.27. The molecule has 2 atom stereocenters. The van der Waals surface area contributed by atoms with Crippen LogP contribution in [0.15, 0.2) is 48.5 Å². The van der Waals surface area contributed by atoms with Crippen LogP contribution in [0.1, 0.15) is 24.0 Å². The van der Waals surface area contributed by atoms with E-state index in [0.29, 0.717) is 37.6 Å². The maximum Gasteiger partial charge on any atom is 0.345 e. The lowest BCUT2D eigenvalue weighted by Gasteiger charge is -2.29. The Morgan fingerprint density at radius 1 is 1.10 bits per heavy atom. The maximum absolute atomic E-state index is 12.9. The van der Waals surface area contributed by atoms with Crippen LogP contribution in [0.3, 0.4) is 0 Å². The normalized spacial score (nSPS) is 20.0. The SMILES string of the molecule is COc1ccc(CNC(=O)C2CCC3CN2C(=O)N3OCc2ccccc2)c(OC)c1. The monoisotopic (exact) mass is 425 g/mol. The molecule has 3 amide bonds. The number of carbonyl (C=O) groups is 2. The van der Waals surface area contributed by atoms with Crippen molar-refractivity contribution in [3.05, 3.63) is 59.7 Å². The molecule has 2 aromatic rings. The summed E-state index contributed by atoms with van der Waals surface area (Å²) in [6.45, 7) is 1.13. The molecule has 8 nitrogen and oxygen atoms in total. The van der Waals surface area contributed by atoms with Gasteiger partial charge in [0.05, 0.1) is 20.3 Å². The van der Waals surface area contributed by atoms with Crippen LogP contribution < -0.4 is 14.8 Å². The van der Waals surface area contributed by atoms with Crippen LogP contribution in [0, 0.1) is 0 Å². The van der Waals surface area contributed by atoms with Crippen LogP contribution in [0.5, 0.6) is 11.5 Å². The number of hydrogen-bond donors (Lipinski definition) is 1. The fourth-order valence-electron chi connectivity index (χ4n) is 4.09. The molecule has 2 unspecified atom stereocenters. The first-order valence-electron chi connectivity index (χ1n) is 10.4. The lowest BCUT2D eigenvalue weighted by atomic mass is 10.00. The summed E-state index contributed by atoms with van der Waals surface area (Å²) in [4.78, 5) is 33.2. The highest BCUT2D eigenvalue weighted by Gasteiger charge is 2.47. The zero-order chi connectivity index (χ0) is 21.8. The predicted octanol–water partition coefficient (Wildman–Crippen LogP) is 2.72. The molecule has 0 saturated carbocycles. The van der Waals surface area contributed by atoms with Gasteiger partial charge >= 0.3 is 6.03 Å². The number of nitrogens with zero attached hydrogens (tertiary/aromatic N) is 2. The van der Waals surface area contributed by atoms with Crippen LogP contribution in [0.2, 0.25) is 0 Å². The molecule has 8 heteroatoms. The number of urea groups is 1. The third-order valence-electron chi connectivity index (χ3n) is 5.79. The molecule has 31 heavy (non-hydrogen) atoms. The van der Waals surface area contributed by atoms with E-state index in [0.717, 1.165) is 17.5 Å². The Morgan fingerprint density at radius 3 is 2.65 bits per heavy atom. The van der Waals surface area contributed by atoms with Gasteiger partial charge in [0.1, 0.15) is 24.1 Å². The van der Waals surface area contributed by atoms with Crippen molar-refractivity contribution < 1.29 is 23.9 Å². The van der Waals surface area contributed by atoms with Crippen molar-refractivity contribution in [2.45, 2.75) is 38.1 Å². The van der Waals surface area contributed by atoms with Crippen molar-refractivity contribution in [1.29, 1.82) is 0 Å². The molecule has 0 aliphatic carbocycles. The summed E-state index contributed by atoms with van der Waals surface area (Å²) in [5.74, 6) is 1.15. The number of hydroxylamine groups is 2. The molecule has 2 bridgehead atoms. The van der Waals surface area contributed by atoms with Crippen LogP contribution in [-0.2, 0) is 22.8 Å². The number of carbonyl (C=O) groups excluding carboxylic acids is 2. The summed E-state index contributed by atoms with van der Waals surface area (Å²) in [6.07, 6.45) is 1.33. The summed E-state index contributed by atoms with van der Waals surface area (Å²) < 4.78 is 10.6. The second-order valence-electron chi connectivity index (χ2n) is 7.66. The third-order valence-corrected chi connectivity index (χ3v) is 5.79. The molecule has 0 aromatic heterocycles. The van der Waals surface area contributed by atoms with Crippen molar-refractivity contribution in [3.8, 4) is 11.5 Å². The average Bonchev–Trinajstić information content (AvgIpc) is 3.05. The van der Waals surface area contributed by atoms with Crippen LogP contribution in [0.25, 0.3) is 0 Å². The Labute approximate surface area is 181 Å². The van der Waals surface area contributed by atoms with Crippen molar-refractivity contribution in [2.24, 2.45) is 0 Å². The molecule has 0 radical (unpaired) electrons. The van der Waals surface area contributed by atoms with E-state index in [1.54, 1.807) is 25.2 Å². The quantitative estimate of drug-likeness (QED) is 0.704. The van der Waals surface area contributed by atoms with Gasteiger partial charge in [0.25, 0.3) is 0 Å². The Balaban J connectivity index is 1.36. The number of benzene rings is 2. The van der Waals surface area contributed by atoms with E-state index in [2.05, 4.69) is 5.32 Å². The van der Waals surface area contributed by atoms with Crippen molar-refractivity contribution in [2.75, 3.05) is 20.8 Å². The summed E-state index contributed by atoms with van der Waals surface area (Å²) in [5, 5.41) is 4.38. The molecule has 4 rings (SSSR count). The average molecular weight is 425 g/mol. The minimum atomic E-state index is -0.502. The first-order chi connectivity index (χ1) is 15.1. The second-order valence-corrected chi connectivity index (χ2v) is 7.66. The van der Waals surface area contributed by atoms with Crippen LogP contribution in [0.4, 0.5) is 4.79 Å². The highest BCUT2D eigenvalue weighted by molar-refractivity contribution is 5.88. The molecule has 1 N–H and O–H groups in total. The van der Waals surface area contributed by atoms with Gasteiger partial charge in [-0.2, -0.15) is 5.06 Å². The van der Waals surface area contributed by atoms with Gasteiger partial charge < -0.3 is 19.7 Å². The molecular weight excluding hydrogens is 398 g/mol. The topological polar surface area (TPSA) is 80.3 Å². The molecule has 0 spiro atoms. The zero-order valence-corrected chi connectivity index (χ0v) is 17.7. The summed E-state index contributed by atoms with van der Waals surface area (Å²) in [6, 6.07) is 14.4. The van der Waals surface area contributed by atoms with Gasteiger partial charge in [-0.3, -0.25) is 9.63 Å². The highest BCUT2D eigenvalue weighted by atomic mass is 16.7. The third kappa shape index (κ3) is 4.44. The smallest absolute Gasteiger partial charge is 0.345 e. The van der Waals surface area contributed by atoms with E-state index in [1.807, 2.05) is 42.5 Å². The second kappa shape index (κ2) is 9.26. The molecule has 164 valence electrons. The van der Waals surface area contributed by atoms with Gasteiger partial charge in [0.15, 0.2) is 0 Å². The van der Waals surface area contributed by atoms with Crippen LogP contribution >= 0.6 is 0 Å². The molecule has 2 aliphatic rings. The largest absolute Gasteiger partial charge is 0.497 e.